The van der Waals surface area contributed by atoms with Gasteiger partial charge in [0.25, 0.3) is 5.91 Å². The van der Waals surface area contributed by atoms with E-state index in [1.165, 1.54) is 36.4 Å². The fourth-order valence-corrected chi connectivity index (χ4v) is 3.97. The van der Waals surface area contributed by atoms with Crippen LogP contribution in [0.2, 0.25) is 0 Å². The number of benzene rings is 2. The molecule has 1 amide bonds. The second-order valence-electron chi connectivity index (χ2n) is 6.85. The van der Waals surface area contributed by atoms with E-state index < -0.39 is 39.3 Å². The fraction of sp³-hybridized carbons (Fsp3) is 0.174. The summed E-state index contributed by atoms with van der Waals surface area (Å²) < 4.78 is 25.0. The molecule has 0 radical (unpaired) electrons. The van der Waals surface area contributed by atoms with Crippen molar-refractivity contribution in [3.63, 3.8) is 0 Å². The minimum Gasteiger partial charge on any atom is -0.480 e. The third-order valence-electron chi connectivity index (χ3n) is 4.40. The van der Waals surface area contributed by atoms with Crippen molar-refractivity contribution in [1.82, 2.24) is 5.32 Å². The summed E-state index contributed by atoms with van der Waals surface area (Å²) in [5.74, 6) is -0.857. The zero-order chi connectivity index (χ0) is 23.2. The first-order valence-electron chi connectivity index (χ1n) is 9.14. The highest BCUT2D eigenvalue weighted by Crippen LogP contribution is 2.17. The Hall–Kier alpha value is -3.70. The Kier molecular flexibility index (Phi) is 7.51. The van der Waals surface area contributed by atoms with E-state index in [-0.39, 0.29) is 28.0 Å². The summed E-state index contributed by atoms with van der Waals surface area (Å²) in [6.45, 7) is 5.44. The van der Waals surface area contributed by atoms with E-state index in [2.05, 4.69) is 17.8 Å². The van der Waals surface area contributed by atoms with Crippen molar-refractivity contribution in [2.24, 2.45) is 0 Å². The molecule has 0 aliphatic heterocycles. The van der Waals surface area contributed by atoms with Crippen molar-refractivity contribution in [2.45, 2.75) is 24.3 Å². The van der Waals surface area contributed by atoms with Crippen LogP contribution in [0.1, 0.15) is 32.7 Å². The molecule has 0 unspecified atom stereocenters. The number of amides is 1. The van der Waals surface area contributed by atoms with Crippen LogP contribution in [0.3, 0.4) is 0 Å². The minimum absolute atomic E-state index is 0.0963. The van der Waals surface area contributed by atoms with Gasteiger partial charge < -0.3 is 10.4 Å². The number of carboxylic acids is 1. The van der Waals surface area contributed by atoms with Gasteiger partial charge in [0.05, 0.1) is 10.6 Å². The van der Waals surface area contributed by atoms with Crippen LogP contribution in [-0.4, -0.2) is 43.0 Å². The molecule has 0 fully saturated rings. The fourth-order valence-electron chi connectivity index (χ4n) is 2.66. The first-order chi connectivity index (χ1) is 14.5. The number of carbonyl (C=O) groups is 3. The number of nitrogens with one attached hydrogen (secondary N) is 1. The number of Topliss-reactive ketones (excluding diaryl/α,β-unsaturated/α-hetero) is 1. The standard InChI is InChI=1S/C23H21NO6S/c1-4-5-20(23(27)28)24-22(26)18-10-8-17(9-11-18)21(25)16(3)14-31(29,30)19-12-6-15(2)7-13-19/h1,6-13,20H,3,5,14H2,2H3,(H,24,26)(H,27,28)/t20-/m0/s1. The number of hydrogen-bond donors (Lipinski definition) is 2. The van der Waals surface area contributed by atoms with E-state index in [0.29, 0.717) is 0 Å². The maximum absolute atomic E-state index is 12.6. The second-order valence-corrected chi connectivity index (χ2v) is 8.84. The first kappa shape index (κ1) is 23.6. The van der Waals surface area contributed by atoms with E-state index in [1.807, 2.05) is 6.92 Å². The Bertz CT molecular complexity index is 1160. The normalized spacial score (nSPS) is 11.7. The third kappa shape index (κ3) is 6.14. The molecule has 0 aromatic heterocycles. The second kappa shape index (κ2) is 9.87. The Morgan fingerprint density at radius 2 is 1.61 bits per heavy atom. The molecule has 2 aromatic rings. The number of carbonyl (C=O) groups excluding carboxylic acids is 2. The topological polar surface area (TPSA) is 118 Å². The molecule has 2 N–H and O–H groups in total. The van der Waals surface area contributed by atoms with Crippen LogP contribution in [0.5, 0.6) is 0 Å². The molecule has 0 saturated carbocycles. The number of aliphatic carboxylic acids is 1. The van der Waals surface area contributed by atoms with Crippen molar-refractivity contribution in [3.8, 4) is 12.3 Å². The largest absolute Gasteiger partial charge is 0.480 e. The average Bonchev–Trinajstić information content (AvgIpc) is 2.72. The lowest BCUT2D eigenvalue weighted by Crippen LogP contribution is -2.40. The molecular weight excluding hydrogens is 418 g/mol. The molecule has 1 atom stereocenters. The number of aryl methyl sites for hydroxylation is 1. The van der Waals surface area contributed by atoms with Gasteiger partial charge in [-0.25, -0.2) is 13.2 Å². The molecular formula is C23H21NO6S. The molecule has 7 nitrogen and oxygen atoms in total. The summed E-state index contributed by atoms with van der Waals surface area (Å²) in [4.78, 5) is 36.0. The van der Waals surface area contributed by atoms with Crippen LogP contribution in [0, 0.1) is 19.3 Å². The van der Waals surface area contributed by atoms with Crippen molar-refractivity contribution >= 4 is 27.5 Å². The zero-order valence-corrected chi connectivity index (χ0v) is 17.6. The van der Waals surface area contributed by atoms with Gasteiger partial charge in [-0.2, -0.15) is 0 Å². The Morgan fingerprint density at radius 3 is 2.13 bits per heavy atom. The highest BCUT2D eigenvalue weighted by atomic mass is 32.2. The number of terminal acetylenes is 1. The van der Waals surface area contributed by atoms with Crippen LogP contribution in [-0.2, 0) is 14.6 Å². The van der Waals surface area contributed by atoms with Crippen molar-refractivity contribution in [2.75, 3.05) is 5.75 Å². The lowest BCUT2D eigenvalue weighted by molar-refractivity contribution is -0.139. The molecule has 31 heavy (non-hydrogen) atoms. The Labute approximate surface area is 180 Å². The summed E-state index contributed by atoms with van der Waals surface area (Å²) >= 11 is 0. The molecule has 160 valence electrons. The summed E-state index contributed by atoms with van der Waals surface area (Å²) in [6.07, 6.45) is 4.92. The zero-order valence-electron chi connectivity index (χ0n) is 16.8. The van der Waals surface area contributed by atoms with E-state index in [0.717, 1.165) is 5.56 Å². The summed E-state index contributed by atoms with van der Waals surface area (Å²) in [5.41, 5.74) is 1.07. The molecule has 0 aliphatic rings. The molecule has 8 heteroatoms. The molecule has 0 bridgehead atoms. The van der Waals surface area contributed by atoms with Gasteiger partial charge in [0.1, 0.15) is 6.04 Å². The van der Waals surface area contributed by atoms with E-state index >= 15 is 0 Å². The van der Waals surface area contributed by atoms with Crippen LogP contribution < -0.4 is 5.32 Å². The van der Waals surface area contributed by atoms with Crippen LogP contribution in [0.25, 0.3) is 0 Å². The van der Waals surface area contributed by atoms with Gasteiger partial charge in [-0.05, 0) is 31.2 Å². The monoisotopic (exact) mass is 439 g/mol. The number of sulfone groups is 1. The van der Waals surface area contributed by atoms with Crippen molar-refractivity contribution < 1.29 is 27.9 Å². The van der Waals surface area contributed by atoms with Gasteiger partial charge in [0.15, 0.2) is 15.6 Å². The number of hydrogen-bond acceptors (Lipinski definition) is 5. The smallest absolute Gasteiger partial charge is 0.327 e. The highest BCUT2D eigenvalue weighted by molar-refractivity contribution is 7.91. The van der Waals surface area contributed by atoms with Crippen molar-refractivity contribution in [3.05, 3.63) is 77.4 Å². The highest BCUT2D eigenvalue weighted by Gasteiger charge is 2.22. The van der Waals surface area contributed by atoms with E-state index in [1.54, 1.807) is 12.1 Å². The van der Waals surface area contributed by atoms with Gasteiger partial charge in [-0.1, -0.05) is 36.4 Å². The van der Waals surface area contributed by atoms with E-state index in [4.69, 9.17) is 11.5 Å². The van der Waals surface area contributed by atoms with Gasteiger partial charge >= 0.3 is 5.97 Å². The van der Waals surface area contributed by atoms with E-state index in [9.17, 15) is 22.8 Å². The predicted molar refractivity (Wildman–Crippen MR) is 115 cm³/mol. The number of rotatable bonds is 9. The Balaban J connectivity index is 2.10. The van der Waals surface area contributed by atoms with Gasteiger partial charge in [-0.15, -0.1) is 12.3 Å². The third-order valence-corrected chi connectivity index (χ3v) is 6.12. The van der Waals surface area contributed by atoms with Gasteiger partial charge in [-0.3, -0.25) is 9.59 Å². The molecule has 0 aliphatic carbocycles. The van der Waals surface area contributed by atoms with Gasteiger partial charge in [0.2, 0.25) is 0 Å². The summed E-state index contributed by atoms with van der Waals surface area (Å²) in [7, 11) is -3.73. The number of ketones is 1. The maximum atomic E-state index is 12.6. The molecule has 0 spiro atoms. The molecule has 2 rings (SSSR count). The van der Waals surface area contributed by atoms with Crippen LogP contribution in [0.15, 0.2) is 65.6 Å². The molecule has 0 heterocycles. The maximum Gasteiger partial charge on any atom is 0.327 e. The summed E-state index contributed by atoms with van der Waals surface area (Å²) in [5, 5.41) is 11.3. The average molecular weight is 439 g/mol. The SMILES string of the molecule is C#CC[C@H](NC(=O)c1ccc(C(=O)C(=C)CS(=O)(=O)c2ccc(C)cc2)cc1)C(=O)O. The van der Waals surface area contributed by atoms with Crippen LogP contribution >= 0.6 is 0 Å². The number of carboxylic acid groups (broad SMARTS) is 1. The molecule has 2 aromatic carbocycles. The quantitative estimate of drug-likeness (QED) is 0.352. The van der Waals surface area contributed by atoms with Crippen molar-refractivity contribution in [1.29, 1.82) is 0 Å². The van der Waals surface area contributed by atoms with Crippen LogP contribution in [0.4, 0.5) is 0 Å². The first-order valence-corrected chi connectivity index (χ1v) is 10.8. The lowest BCUT2D eigenvalue weighted by atomic mass is 10.0. The lowest BCUT2D eigenvalue weighted by Gasteiger charge is -2.12. The minimum atomic E-state index is -3.73. The molecule has 0 saturated heterocycles. The Morgan fingerprint density at radius 1 is 1.06 bits per heavy atom. The predicted octanol–water partition coefficient (Wildman–Crippen LogP) is 2.41. The summed E-state index contributed by atoms with van der Waals surface area (Å²) in [6, 6.07) is 10.4. The van der Waals surface area contributed by atoms with Gasteiger partial charge in [0, 0.05) is 23.1 Å².